The number of aromatic nitrogens is 3. The molecule has 1 saturated heterocycles. The van der Waals surface area contributed by atoms with Gasteiger partial charge < -0.3 is 20.7 Å². The largest absolute Gasteiger partial charge is 0.494 e. The minimum atomic E-state index is 0.409. The van der Waals surface area contributed by atoms with Crippen LogP contribution in [0.5, 0.6) is 5.75 Å². The second-order valence-electron chi connectivity index (χ2n) is 6.06. The van der Waals surface area contributed by atoms with Crippen LogP contribution in [0.25, 0.3) is 5.65 Å². The summed E-state index contributed by atoms with van der Waals surface area (Å²) >= 11 is 0. The third-order valence-electron chi connectivity index (χ3n) is 4.22. The Labute approximate surface area is 146 Å². The van der Waals surface area contributed by atoms with E-state index in [0.29, 0.717) is 12.6 Å². The number of hydrogen-bond donors (Lipinski definition) is 3. The molecule has 3 aromatic rings. The molecule has 1 aliphatic heterocycles. The number of ether oxygens (including phenoxy) is 1. The van der Waals surface area contributed by atoms with Crippen molar-refractivity contribution >= 4 is 22.8 Å². The lowest BCUT2D eigenvalue weighted by molar-refractivity contribution is 0.340. The number of nitrogens with zero attached hydrogens (tertiary/aromatic N) is 3. The van der Waals surface area contributed by atoms with E-state index in [0.717, 1.165) is 48.1 Å². The number of rotatable bonds is 6. The summed E-state index contributed by atoms with van der Waals surface area (Å²) in [5.41, 5.74) is 2.69. The molecule has 0 radical (unpaired) electrons. The monoisotopic (exact) mass is 338 g/mol. The van der Waals surface area contributed by atoms with Gasteiger partial charge >= 0.3 is 0 Å². The zero-order valence-electron chi connectivity index (χ0n) is 14.2. The Morgan fingerprint density at radius 1 is 1.32 bits per heavy atom. The predicted octanol–water partition coefficient (Wildman–Crippen LogP) is 2.65. The molecule has 130 valence electrons. The highest BCUT2D eigenvalue weighted by Gasteiger charge is 2.16. The van der Waals surface area contributed by atoms with Crippen molar-refractivity contribution in [3.8, 4) is 5.75 Å². The Balaban J connectivity index is 1.59. The van der Waals surface area contributed by atoms with Gasteiger partial charge in [-0.1, -0.05) is 0 Å². The van der Waals surface area contributed by atoms with E-state index in [9.17, 15) is 0 Å². The van der Waals surface area contributed by atoms with Crippen molar-refractivity contribution < 1.29 is 4.74 Å². The van der Waals surface area contributed by atoms with Crippen molar-refractivity contribution in [2.24, 2.45) is 0 Å². The Kier molecular flexibility index (Phi) is 4.39. The Hall–Kier alpha value is -2.80. The minimum absolute atomic E-state index is 0.409. The van der Waals surface area contributed by atoms with E-state index in [4.69, 9.17) is 4.74 Å². The van der Waals surface area contributed by atoms with Gasteiger partial charge in [0.15, 0.2) is 5.65 Å². The molecule has 0 saturated carbocycles. The van der Waals surface area contributed by atoms with Crippen LogP contribution in [0.2, 0.25) is 0 Å². The van der Waals surface area contributed by atoms with Crippen molar-refractivity contribution in [3.63, 3.8) is 0 Å². The SMILES string of the molecule is CCOc1ccc(Nc2cc(NC3CCNC3)nn3ccnc23)cc1. The average molecular weight is 338 g/mol. The summed E-state index contributed by atoms with van der Waals surface area (Å²) in [6, 6.07) is 10.3. The fraction of sp³-hybridized carbons (Fsp3) is 0.333. The first-order valence-corrected chi connectivity index (χ1v) is 8.63. The molecule has 25 heavy (non-hydrogen) atoms. The standard InChI is InChI=1S/C18H22N6O/c1-2-25-15-5-3-13(4-6-15)21-16-11-17(22-14-7-8-19-12-14)23-24-10-9-20-18(16)24/h3-6,9-11,14,19,21H,2,7-8,12H2,1H3,(H,22,23). The number of hydrogen-bond acceptors (Lipinski definition) is 6. The van der Waals surface area contributed by atoms with E-state index >= 15 is 0 Å². The molecule has 7 nitrogen and oxygen atoms in total. The molecule has 1 aliphatic rings. The molecule has 1 unspecified atom stereocenters. The maximum absolute atomic E-state index is 5.49. The maximum atomic E-state index is 5.49. The van der Waals surface area contributed by atoms with Crippen LogP contribution in [0.4, 0.5) is 17.2 Å². The number of nitrogens with one attached hydrogen (secondary N) is 3. The smallest absolute Gasteiger partial charge is 0.177 e. The van der Waals surface area contributed by atoms with E-state index in [1.54, 1.807) is 10.7 Å². The second-order valence-corrected chi connectivity index (χ2v) is 6.06. The van der Waals surface area contributed by atoms with Crippen molar-refractivity contribution in [1.82, 2.24) is 19.9 Å². The van der Waals surface area contributed by atoms with Gasteiger partial charge in [0.2, 0.25) is 0 Å². The van der Waals surface area contributed by atoms with E-state index < -0.39 is 0 Å². The predicted molar refractivity (Wildman–Crippen MR) is 98.8 cm³/mol. The summed E-state index contributed by atoms with van der Waals surface area (Å²) in [6.45, 7) is 4.65. The first kappa shape index (κ1) is 15.7. The molecule has 7 heteroatoms. The second kappa shape index (κ2) is 6.98. The van der Waals surface area contributed by atoms with Gasteiger partial charge in [-0.15, -0.1) is 5.10 Å². The number of fused-ring (bicyclic) bond motifs is 1. The summed E-state index contributed by atoms with van der Waals surface area (Å²) < 4.78 is 7.29. The van der Waals surface area contributed by atoms with Crippen molar-refractivity contribution in [2.75, 3.05) is 30.3 Å². The molecule has 0 amide bonds. The van der Waals surface area contributed by atoms with Crippen LogP contribution in [0.1, 0.15) is 13.3 Å². The lowest BCUT2D eigenvalue weighted by atomic mass is 10.2. The quantitative estimate of drug-likeness (QED) is 0.641. The fourth-order valence-corrected chi connectivity index (χ4v) is 3.02. The topological polar surface area (TPSA) is 75.5 Å². The van der Waals surface area contributed by atoms with Crippen molar-refractivity contribution in [1.29, 1.82) is 0 Å². The maximum Gasteiger partial charge on any atom is 0.177 e. The van der Waals surface area contributed by atoms with E-state index in [2.05, 4.69) is 26.0 Å². The fourth-order valence-electron chi connectivity index (χ4n) is 3.02. The lowest BCUT2D eigenvalue weighted by Crippen LogP contribution is -2.23. The van der Waals surface area contributed by atoms with Gasteiger partial charge in [0.1, 0.15) is 11.6 Å². The highest BCUT2D eigenvalue weighted by Crippen LogP contribution is 2.25. The minimum Gasteiger partial charge on any atom is -0.494 e. The Morgan fingerprint density at radius 3 is 2.96 bits per heavy atom. The van der Waals surface area contributed by atoms with Crippen LogP contribution in [0.15, 0.2) is 42.7 Å². The summed E-state index contributed by atoms with van der Waals surface area (Å²) in [7, 11) is 0. The zero-order valence-corrected chi connectivity index (χ0v) is 14.2. The molecule has 1 aromatic carbocycles. The van der Waals surface area contributed by atoms with Gasteiger partial charge in [-0.05, 0) is 44.2 Å². The van der Waals surface area contributed by atoms with Gasteiger partial charge in [-0.25, -0.2) is 9.50 Å². The molecule has 0 aliphatic carbocycles. The number of imidazole rings is 1. The highest BCUT2D eigenvalue weighted by atomic mass is 16.5. The Morgan fingerprint density at radius 2 is 2.20 bits per heavy atom. The summed E-state index contributed by atoms with van der Waals surface area (Å²) in [4.78, 5) is 4.41. The normalized spacial score (nSPS) is 16.9. The van der Waals surface area contributed by atoms with Crippen LogP contribution >= 0.6 is 0 Å². The van der Waals surface area contributed by atoms with Crippen LogP contribution in [-0.4, -0.2) is 40.3 Å². The van der Waals surface area contributed by atoms with Gasteiger partial charge in [-0.2, -0.15) is 0 Å². The van der Waals surface area contributed by atoms with Gasteiger partial charge in [0.25, 0.3) is 0 Å². The highest BCUT2D eigenvalue weighted by molar-refractivity contribution is 5.75. The van der Waals surface area contributed by atoms with Crippen LogP contribution in [0, 0.1) is 0 Å². The summed E-state index contributed by atoms with van der Waals surface area (Å²) in [5.74, 6) is 1.71. The van der Waals surface area contributed by atoms with Gasteiger partial charge in [0, 0.05) is 36.7 Å². The van der Waals surface area contributed by atoms with Crippen LogP contribution in [-0.2, 0) is 0 Å². The molecular weight excluding hydrogens is 316 g/mol. The number of anilines is 3. The van der Waals surface area contributed by atoms with Crippen molar-refractivity contribution in [3.05, 3.63) is 42.7 Å². The molecular formula is C18H22N6O. The van der Waals surface area contributed by atoms with Gasteiger partial charge in [-0.3, -0.25) is 0 Å². The molecule has 1 atom stereocenters. The Bertz CT molecular complexity index is 838. The zero-order chi connectivity index (χ0) is 17.1. The van der Waals surface area contributed by atoms with Crippen LogP contribution in [0.3, 0.4) is 0 Å². The van der Waals surface area contributed by atoms with E-state index in [-0.39, 0.29) is 0 Å². The molecule has 3 heterocycles. The molecule has 2 aromatic heterocycles. The van der Waals surface area contributed by atoms with E-state index in [1.807, 2.05) is 43.5 Å². The molecule has 0 spiro atoms. The van der Waals surface area contributed by atoms with Crippen LogP contribution < -0.4 is 20.7 Å². The van der Waals surface area contributed by atoms with Crippen molar-refractivity contribution in [2.45, 2.75) is 19.4 Å². The van der Waals surface area contributed by atoms with E-state index in [1.165, 1.54) is 0 Å². The molecule has 4 rings (SSSR count). The first-order valence-electron chi connectivity index (χ1n) is 8.63. The average Bonchev–Trinajstić information content (AvgIpc) is 3.28. The third kappa shape index (κ3) is 3.51. The summed E-state index contributed by atoms with van der Waals surface area (Å²) in [6.07, 6.45) is 4.72. The molecule has 0 bridgehead atoms. The number of benzene rings is 1. The first-order chi connectivity index (χ1) is 12.3. The molecule has 1 fully saturated rings. The van der Waals surface area contributed by atoms with Gasteiger partial charge in [0.05, 0.1) is 12.3 Å². The summed E-state index contributed by atoms with van der Waals surface area (Å²) in [5, 5.41) is 14.9. The molecule has 3 N–H and O–H groups in total. The third-order valence-corrected chi connectivity index (χ3v) is 4.22. The lowest BCUT2D eigenvalue weighted by Gasteiger charge is -2.14.